The molecule has 3 heteroatoms. The molecule has 1 aromatic heterocycles. The SMILES string of the molecule is CCCc1cc(C(C)=O)nc(N)c1C. The fourth-order valence-corrected chi connectivity index (χ4v) is 1.39. The van der Waals surface area contributed by atoms with E-state index in [2.05, 4.69) is 11.9 Å². The van der Waals surface area contributed by atoms with E-state index in [-0.39, 0.29) is 5.78 Å². The van der Waals surface area contributed by atoms with Crippen LogP contribution < -0.4 is 5.73 Å². The molecule has 14 heavy (non-hydrogen) atoms. The summed E-state index contributed by atoms with van der Waals surface area (Å²) < 4.78 is 0. The molecule has 0 radical (unpaired) electrons. The number of pyridine rings is 1. The van der Waals surface area contributed by atoms with E-state index in [0.29, 0.717) is 11.5 Å². The number of nitrogens with two attached hydrogens (primary N) is 1. The van der Waals surface area contributed by atoms with Gasteiger partial charge in [-0.25, -0.2) is 4.98 Å². The fraction of sp³-hybridized carbons (Fsp3) is 0.455. The van der Waals surface area contributed by atoms with Crippen molar-refractivity contribution in [3.05, 3.63) is 22.9 Å². The van der Waals surface area contributed by atoms with Crippen LogP contribution in [0.4, 0.5) is 5.82 Å². The van der Waals surface area contributed by atoms with Crippen LogP contribution in [0.1, 0.15) is 41.9 Å². The largest absolute Gasteiger partial charge is 0.383 e. The standard InChI is InChI=1S/C11H16N2O/c1-4-5-9-6-10(8(3)14)13-11(12)7(9)2/h6H,4-5H2,1-3H3,(H2,12,13). The van der Waals surface area contributed by atoms with Crippen LogP contribution in [0.15, 0.2) is 6.07 Å². The Hall–Kier alpha value is -1.38. The maximum Gasteiger partial charge on any atom is 0.178 e. The number of hydrogen-bond acceptors (Lipinski definition) is 3. The predicted molar refractivity (Wildman–Crippen MR) is 57.4 cm³/mol. The molecule has 2 N–H and O–H groups in total. The van der Waals surface area contributed by atoms with Crippen molar-refractivity contribution in [3.63, 3.8) is 0 Å². The van der Waals surface area contributed by atoms with Gasteiger partial charge < -0.3 is 5.73 Å². The minimum Gasteiger partial charge on any atom is -0.383 e. The van der Waals surface area contributed by atoms with Crippen LogP contribution in [-0.4, -0.2) is 10.8 Å². The van der Waals surface area contributed by atoms with Gasteiger partial charge in [-0.1, -0.05) is 13.3 Å². The van der Waals surface area contributed by atoms with E-state index in [1.54, 1.807) is 0 Å². The minimum absolute atomic E-state index is 0.0333. The zero-order valence-electron chi connectivity index (χ0n) is 8.92. The molecule has 0 amide bonds. The number of ketones is 1. The molecule has 0 aliphatic carbocycles. The summed E-state index contributed by atoms with van der Waals surface area (Å²) in [5.41, 5.74) is 8.32. The van der Waals surface area contributed by atoms with Crippen LogP contribution in [0.2, 0.25) is 0 Å². The summed E-state index contributed by atoms with van der Waals surface area (Å²) in [5, 5.41) is 0. The van der Waals surface area contributed by atoms with E-state index in [0.717, 1.165) is 24.0 Å². The van der Waals surface area contributed by atoms with Gasteiger partial charge in [-0.15, -0.1) is 0 Å². The summed E-state index contributed by atoms with van der Waals surface area (Å²) in [6, 6.07) is 1.84. The maximum absolute atomic E-state index is 11.1. The minimum atomic E-state index is -0.0333. The average molecular weight is 192 g/mol. The highest BCUT2D eigenvalue weighted by molar-refractivity contribution is 5.92. The molecular weight excluding hydrogens is 176 g/mol. The summed E-state index contributed by atoms with van der Waals surface area (Å²) in [7, 11) is 0. The van der Waals surface area contributed by atoms with E-state index in [9.17, 15) is 4.79 Å². The zero-order valence-corrected chi connectivity index (χ0v) is 8.92. The molecule has 0 bridgehead atoms. The number of aromatic nitrogens is 1. The first-order valence-electron chi connectivity index (χ1n) is 4.83. The highest BCUT2D eigenvalue weighted by atomic mass is 16.1. The van der Waals surface area contributed by atoms with Gasteiger partial charge >= 0.3 is 0 Å². The maximum atomic E-state index is 11.1. The molecule has 0 saturated heterocycles. The van der Waals surface area contributed by atoms with Crippen LogP contribution in [0.5, 0.6) is 0 Å². The lowest BCUT2D eigenvalue weighted by atomic mass is 10.0. The van der Waals surface area contributed by atoms with Gasteiger partial charge in [0.2, 0.25) is 0 Å². The van der Waals surface area contributed by atoms with Crippen molar-refractivity contribution in [2.45, 2.75) is 33.6 Å². The van der Waals surface area contributed by atoms with E-state index in [1.807, 2.05) is 13.0 Å². The van der Waals surface area contributed by atoms with Crippen molar-refractivity contribution in [2.75, 3.05) is 5.73 Å². The summed E-state index contributed by atoms with van der Waals surface area (Å²) in [6.07, 6.45) is 1.99. The van der Waals surface area contributed by atoms with E-state index < -0.39 is 0 Å². The molecule has 0 spiro atoms. The summed E-state index contributed by atoms with van der Waals surface area (Å²) >= 11 is 0. The number of nitrogens with zero attached hydrogens (tertiary/aromatic N) is 1. The Morgan fingerprint density at radius 2 is 2.21 bits per heavy atom. The van der Waals surface area contributed by atoms with Gasteiger partial charge in [-0.3, -0.25) is 4.79 Å². The number of aryl methyl sites for hydroxylation is 1. The van der Waals surface area contributed by atoms with Crippen LogP contribution in [0.25, 0.3) is 0 Å². The summed E-state index contributed by atoms with van der Waals surface area (Å²) in [6.45, 7) is 5.55. The number of Topliss-reactive ketones (excluding diaryl/α,β-unsaturated/α-hetero) is 1. The smallest absolute Gasteiger partial charge is 0.178 e. The number of nitrogen functional groups attached to an aromatic ring is 1. The molecule has 0 saturated carbocycles. The summed E-state index contributed by atoms with van der Waals surface area (Å²) in [4.78, 5) is 15.2. The first-order chi connectivity index (χ1) is 6.56. The van der Waals surface area contributed by atoms with Crippen molar-refractivity contribution in [2.24, 2.45) is 0 Å². The molecule has 0 aliphatic heterocycles. The van der Waals surface area contributed by atoms with Crippen molar-refractivity contribution in [1.82, 2.24) is 4.98 Å². The Balaban J connectivity index is 3.20. The molecular formula is C11H16N2O. The van der Waals surface area contributed by atoms with Crippen LogP contribution in [0, 0.1) is 6.92 Å². The van der Waals surface area contributed by atoms with Crippen LogP contribution >= 0.6 is 0 Å². The molecule has 1 rings (SSSR count). The first-order valence-corrected chi connectivity index (χ1v) is 4.83. The highest BCUT2D eigenvalue weighted by Gasteiger charge is 2.08. The molecule has 76 valence electrons. The number of carbonyl (C=O) groups is 1. The second kappa shape index (κ2) is 4.22. The van der Waals surface area contributed by atoms with Gasteiger partial charge in [-0.2, -0.15) is 0 Å². The lowest BCUT2D eigenvalue weighted by Crippen LogP contribution is -2.05. The lowest BCUT2D eigenvalue weighted by molar-refractivity contribution is 0.101. The van der Waals surface area contributed by atoms with Crippen LogP contribution in [-0.2, 0) is 6.42 Å². The normalized spacial score (nSPS) is 10.2. The van der Waals surface area contributed by atoms with E-state index >= 15 is 0 Å². The highest BCUT2D eigenvalue weighted by Crippen LogP contribution is 2.17. The molecule has 3 nitrogen and oxygen atoms in total. The van der Waals surface area contributed by atoms with Crippen molar-refractivity contribution >= 4 is 11.6 Å². The predicted octanol–water partition coefficient (Wildman–Crippen LogP) is 2.13. The number of hydrogen-bond donors (Lipinski definition) is 1. The van der Waals surface area contributed by atoms with Crippen molar-refractivity contribution in [1.29, 1.82) is 0 Å². The molecule has 0 unspecified atom stereocenters. The van der Waals surface area contributed by atoms with Gasteiger partial charge in [0, 0.05) is 6.92 Å². The van der Waals surface area contributed by atoms with E-state index in [4.69, 9.17) is 5.73 Å². The molecule has 0 fully saturated rings. The average Bonchev–Trinajstić information content (AvgIpc) is 2.12. The lowest BCUT2D eigenvalue weighted by Gasteiger charge is -2.08. The van der Waals surface area contributed by atoms with Gasteiger partial charge in [0.15, 0.2) is 5.78 Å². The Morgan fingerprint density at radius 3 is 2.71 bits per heavy atom. The number of anilines is 1. The molecule has 1 heterocycles. The summed E-state index contributed by atoms with van der Waals surface area (Å²) in [5.74, 6) is 0.440. The fourth-order valence-electron chi connectivity index (χ4n) is 1.39. The quantitative estimate of drug-likeness (QED) is 0.746. The topological polar surface area (TPSA) is 56.0 Å². The second-order valence-electron chi connectivity index (χ2n) is 3.48. The number of rotatable bonds is 3. The first kappa shape index (κ1) is 10.7. The molecule has 0 aliphatic rings. The third-order valence-corrected chi connectivity index (χ3v) is 2.30. The Kier molecular flexibility index (Phi) is 3.23. The number of carbonyl (C=O) groups excluding carboxylic acids is 1. The Morgan fingerprint density at radius 1 is 1.57 bits per heavy atom. The Labute approximate surface area is 84.3 Å². The molecule has 0 atom stereocenters. The Bertz CT molecular complexity index is 359. The van der Waals surface area contributed by atoms with Gasteiger partial charge in [0.05, 0.1) is 0 Å². The van der Waals surface area contributed by atoms with Gasteiger partial charge in [-0.05, 0) is 30.5 Å². The van der Waals surface area contributed by atoms with Crippen LogP contribution in [0.3, 0.4) is 0 Å². The second-order valence-corrected chi connectivity index (χ2v) is 3.48. The van der Waals surface area contributed by atoms with Gasteiger partial charge in [0.1, 0.15) is 11.5 Å². The monoisotopic (exact) mass is 192 g/mol. The van der Waals surface area contributed by atoms with Crippen molar-refractivity contribution < 1.29 is 4.79 Å². The van der Waals surface area contributed by atoms with Gasteiger partial charge in [0.25, 0.3) is 0 Å². The molecule has 1 aromatic rings. The molecule has 0 aromatic carbocycles. The third-order valence-electron chi connectivity index (χ3n) is 2.30. The zero-order chi connectivity index (χ0) is 10.7. The van der Waals surface area contributed by atoms with Crippen molar-refractivity contribution in [3.8, 4) is 0 Å². The third kappa shape index (κ3) is 2.10. The van der Waals surface area contributed by atoms with E-state index in [1.165, 1.54) is 6.92 Å².